The Morgan fingerprint density at radius 1 is 1.24 bits per heavy atom. The molecule has 5 heteroatoms. The topological polar surface area (TPSA) is 98.2 Å². The van der Waals surface area contributed by atoms with E-state index in [1.807, 2.05) is 0 Å². The molecule has 1 aliphatic rings. The molecule has 0 heterocycles. The molecule has 1 saturated carbocycles. The first-order valence-corrected chi connectivity index (χ1v) is 6.17. The van der Waals surface area contributed by atoms with Crippen LogP contribution in [0.2, 0.25) is 0 Å². The third kappa shape index (κ3) is 2.97. The number of primary amides is 1. The van der Waals surface area contributed by atoms with Gasteiger partial charge in [0.1, 0.15) is 5.54 Å². The summed E-state index contributed by atoms with van der Waals surface area (Å²) in [5, 5.41) is 2.72. The predicted octanol–water partition coefficient (Wildman–Crippen LogP) is 0.276. The Kier molecular flexibility index (Phi) is 4.14. The van der Waals surface area contributed by atoms with Crippen molar-refractivity contribution in [1.29, 1.82) is 0 Å². The van der Waals surface area contributed by atoms with Gasteiger partial charge in [-0.1, -0.05) is 19.3 Å². The van der Waals surface area contributed by atoms with Crippen LogP contribution in [0.15, 0.2) is 0 Å². The minimum absolute atomic E-state index is 0.136. The van der Waals surface area contributed by atoms with Crippen molar-refractivity contribution in [3.05, 3.63) is 0 Å². The molecule has 5 nitrogen and oxygen atoms in total. The van der Waals surface area contributed by atoms with Crippen LogP contribution in [-0.4, -0.2) is 23.9 Å². The Labute approximate surface area is 102 Å². The molecule has 0 atom stereocenters. The van der Waals surface area contributed by atoms with E-state index in [0.717, 1.165) is 32.1 Å². The van der Waals surface area contributed by atoms with Gasteiger partial charge in [-0.3, -0.25) is 9.59 Å². The number of rotatable bonds is 4. The van der Waals surface area contributed by atoms with Crippen LogP contribution in [0.1, 0.15) is 46.0 Å². The lowest BCUT2D eigenvalue weighted by atomic mass is 9.73. The zero-order valence-corrected chi connectivity index (χ0v) is 10.7. The summed E-state index contributed by atoms with van der Waals surface area (Å²) >= 11 is 0. The number of hydrogen-bond acceptors (Lipinski definition) is 3. The standard InChI is InChI=1S/C12H23N3O2/c1-11(2,9(14)16)15-10(17)12(8-13)6-4-3-5-7-12/h3-8,13H2,1-2H3,(H2,14,16)(H,15,17). The number of carbonyl (C=O) groups excluding carboxylic acids is 2. The average Bonchev–Trinajstić information content (AvgIpc) is 2.29. The minimum Gasteiger partial charge on any atom is -0.368 e. The Bertz CT molecular complexity index is 307. The largest absolute Gasteiger partial charge is 0.368 e. The fourth-order valence-corrected chi connectivity index (χ4v) is 2.23. The molecule has 2 amide bonds. The number of nitrogens with two attached hydrogens (primary N) is 2. The third-order valence-electron chi connectivity index (χ3n) is 3.73. The first-order chi connectivity index (χ1) is 7.84. The third-order valence-corrected chi connectivity index (χ3v) is 3.73. The fourth-order valence-electron chi connectivity index (χ4n) is 2.23. The number of amides is 2. The smallest absolute Gasteiger partial charge is 0.242 e. The summed E-state index contributed by atoms with van der Waals surface area (Å²) in [5.74, 6) is -0.669. The van der Waals surface area contributed by atoms with E-state index in [-0.39, 0.29) is 5.91 Å². The number of carbonyl (C=O) groups is 2. The van der Waals surface area contributed by atoms with E-state index in [1.165, 1.54) is 0 Å². The van der Waals surface area contributed by atoms with Gasteiger partial charge in [0.05, 0.1) is 5.41 Å². The lowest BCUT2D eigenvalue weighted by molar-refractivity contribution is -0.138. The van der Waals surface area contributed by atoms with Crippen molar-refractivity contribution >= 4 is 11.8 Å². The second-order valence-electron chi connectivity index (χ2n) is 5.49. The van der Waals surface area contributed by atoms with Crippen LogP contribution >= 0.6 is 0 Å². The van der Waals surface area contributed by atoms with Crippen LogP contribution < -0.4 is 16.8 Å². The molecule has 0 radical (unpaired) electrons. The minimum atomic E-state index is -1.02. The van der Waals surface area contributed by atoms with Crippen LogP contribution in [-0.2, 0) is 9.59 Å². The second-order valence-corrected chi connectivity index (χ2v) is 5.49. The molecule has 1 aliphatic carbocycles. The summed E-state index contributed by atoms with van der Waals surface area (Å²) in [7, 11) is 0. The van der Waals surface area contributed by atoms with Gasteiger partial charge >= 0.3 is 0 Å². The van der Waals surface area contributed by atoms with Crippen LogP contribution in [0.5, 0.6) is 0 Å². The summed E-state index contributed by atoms with van der Waals surface area (Å²) in [5.41, 5.74) is 9.48. The highest BCUT2D eigenvalue weighted by molar-refractivity contribution is 5.92. The van der Waals surface area contributed by atoms with Gasteiger partial charge in [0.2, 0.25) is 11.8 Å². The molecule has 0 aromatic carbocycles. The average molecular weight is 241 g/mol. The Morgan fingerprint density at radius 2 is 1.76 bits per heavy atom. The molecule has 1 fully saturated rings. The maximum atomic E-state index is 12.3. The van der Waals surface area contributed by atoms with Gasteiger partial charge < -0.3 is 16.8 Å². The quantitative estimate of drug-likeness (QED) is 0.659. The van der Waals surface area contributed by atoms with Gasteiger partial charge in [-0.2, -0.15) is 0 Å². The summed E-state index contributed by atoms with van der Waals surface area (Å²) < 4.78 is 0. The van der Waals surface area contributed by atoms with Crippen LogP contribution in [0, 0.1) is 5.41 Å². The van der Waals surface area contributed by atoms with Crippen molar-refractivity contribution in [1.82, 2.24) is 5.32 Å². The molecule has 0 unspecified atom stereocenters. The summed E-state index contributed by atoms with van der Waals surface area (Å²) in [6.07, 6.45) is 4.77. The Balaban J connectivity index is 2.76. The molecule has 1 rings (SSSR count). The highest BCUT2D eigenvalue weighted by Crippen LogP contribution is 2.35. The van der Waals surface area contributed by atoms with Crippen molar-refractivity contribution in [2.75, 3.05) is 6.54 Å². The van der Waals surface area contributed by atoms with E-state index in [9.17, 15) is 9.59 Å². The summed E-state index contributed by atoms with van der Waals surface area (Å²) in [6, 6.07) is 0. The number of nitrogens with one attached hydrogen (secondary N) is 1. The molecule has 0 bridgehead atoms. The monoisotopic (exact) mass is 241 g/mol. The highest BCUT2D eigenvalue weighted by atomic mass is 16.2. The van der Waals surface area contributed by atoms with E-state index in [0.29, 0.717) is 6.54 Å². The van der Waals surface area contributed by atoms with Crippen molar-refractivity contribution in [2.45, 2.75) is 51.5 Å². The predicted molar refractivity (Wildman–Crippen MR) is 66.0 cm³/mol. The maximum absolute atomic E-state index is 12.3. The van der Waals surface area contributed by atoms with Crippen molar-refractivity contribution in [2.24, 2.45) is 16.9 Å². The van der Waals surface area contributed by atoms with E-state index < -0.39 is 16.9 Å². The Morgan fingerprint density at radius 3 is 2.18 bits per heavy atom. The molecular weight excluding hydrogens is 218 g/mol. The van der Waals surface area contributed by atoms with Crippen molar-refractivity contribution in [3.8, 4) is 0 Å². The SMILES string of the molecule is CC(C)(NC(=O)C1(CN)CCCCC1)C(N)=O. The van der Waals surface area contributed by atoms with Gasteiger partial charge in [-0.05, 0) is 26.7 Å². The van der Waals surface area contributed by atoms with Crippen molar-refractivity contribution in [3.63, 3.8) is 0 Å². The molecule has 0 spiro atoms. The molecule has 0 aromatic heterocycles. The van der Waals surface area contributed by atoms with Gasteiger partial charge in [-0.25, -0.2) is 0 Å². The highest BCUT2D eigenvalue weighted by Gasteiger charge is 2.41. The molecule has 0 saturated heterocycles. The van der Waals surface area contributed by atoms with E-state index in [4.69, 9.17) is 11.5 Å². The molecule has 98 valence electrons. The first-order valence-electron chi connectivity index (χ1n) is 6.17. The fraction of sp³-hybridized carbons (Fsp3) is 0.833. The first kappa shape index (κ1) is 14.0. The lowest BCUT2D eigenvalue weighted by Crippen LogP contribution is -2.58. The Hall–Kier alpha value is -1.10. The van der Waals surface area contributed by atoms with Gasteiger partial charge in [-0.15, -0.1) is 0 Å². The molecule has 0 aromatic rings. The van der Waals surface area contributed by atoms with E-state index >= 15 is 0 Å². The van der Waals surface area contributed by atoms with Crippen LogP contribution in [0.25, 0.3) is 0 Å². The molecule has 5 N–H and O–H groups in total. The zero-order valence-electron chi connectivity index (χ0n) is 10.7. The van der Waals surface area contributed by atoms with Gasteiger partial charge in [0, 0.05) is 6.54 Å². The zero-order chi connectivity index (χ0) is 13.1. The molecule has 17 heavy (non-hydrogen) atoms. The van der Waals surface area contributed by atoms with Gasteiger partial charge in [0.15, 0.2) is 0 Å². The van der Waals surface area contributed by atoms with Crippen LogP contribution in [0.4, 0.5) is 0 Å². The van der Waals surface area contributed by atoms with Crippen molar-refractivity contribution < 1.29 is 9.59 Å². The van der Waals surface area contributed by atoms with E-state index in [2.05, 4.69) is 5.32 Å². The number of hydrogen-bond donors (Lipinski definition) is 3. The molecular formula is C12H23N3O2. The maximum Gasteiger partial charge on any atom is 0.242 e. The van der Waals surface area contributed by atoms with Crippen LogP contribution in [0.3, 0.4) is 0 Å². The van der Waals surface area contributed by atoms with E-state index in [1.54, 1.807) is 13.8 Å². The van der Waals surface area contributed by atoms with Gasteiger partial charge in [0.25, 0.3) is 0 Å². The summed E-state index contributed by atoms with van der Waals surface area (Å²) in [6.45, 7) is 3.55. The second kappa shape index (κ2) is 5.04. The lowest BCUT2D eigenvalue weighted by Gasteiger charge is -2.37. The molecule has 0 aliphatic heterocycles. The summed E-state index contributed by atoms with van der Waals surface area (Å²) in [4.78, 5) is 23.5. The normalized spacial score (nSPS) is 19.7.